The van der Waals surface area contributed by atoms with Gasteiger partial charge in [0.05, 0.1) is 5.56 Å². The number of rotatable bonds is 3. The van der Waals surface area contributed by atoms with Gasteiger partial charge in [0, 0.05) is 12.5 Å². The molecule has 19 heavy (non-hydrogen) atoms. The van der Waals surface area contributed by atoms with Crippen LogP contribution in [0.25, 0.3) is 0 Å². The first-order valence-electron chi connectivity index (χ1n) is 6.38. The lowest BCUT2D eigenvalue weighted by Gasteiger charge is -2.36. The Hall–Kier alpha value is -1.52. The van der Waals surface area contributed by atoms with Crippen LogP contribution < -0.4 is 5.32 Å². The highest BCUT2D eigenvalue weighted by molar-refractivity contribution is 5.80. The lowest BCUT2D eigenvalue weighted by atomic mass is 9.69. The molecule has 0 aromatic heterocycles. The highest BCUT2D eigenvalue weighted by Crippen LogP contribution is 2.43. The van der Waals surface area contributed by atoms with E-state index in [2.05, 4.69) is 5.32 Å². The topological polar surface area (TPSA) is 29.1 Å². The van der Waals surface area contributed by atoms with Crippen molar-refractivity contribution in [3.05, 3.63) is 35.4 Å². The van der Waals surface area contributed by atoms with Crippen LogP contribution >= 0.6 is 0 Å². The van der Waals surface area contributed by atoms with Gasteiger partial charge in [0.15, 0.2) is 0 Å². The summed E-state index contributed by atoms with van der Waals surface area (Å²) in [6.07, 6.45) is -2.82. The van der Waals surface area contributed by atoms with Crippen molar-refractivity contribution >= 4 is 5.91 Å². The van der Waals surface area contributed by atoms with Gasteiger partial charge < -0.3 is 5.32 Å². The molecule has 1 N–H and O–H groups in total. The molecule has 1 saturated carbocycles. The van der Waals surface area contributed by atoms with Crippen molar-refractivity contribution in [1.29, 1.82) is 0 Å². The Bertz CT molecular complexity index is 470. The van der Waals surface area contributed by atoms with Gasteiger partial charge in [-0.05, 0) is 37.3 Å². The number of hydrogen-bond donors (Lipinski definition) is 1. The molecule has 1 aliphatic rings. The first-order valence-corrected chi connectivity index (χ1v) is 6.38. The van der Waals surface area contributed by atoms with Crippen molar-refractivity contribution in [1.82, 2.24) is 5.32 Å². The Morgan fingerprint density at radius 1 is 1.37 bits per heavy atom. The maximum atomic E-state index is 12.7. The molecule has 1 aliphatic carbocycles. The van der Waals surface area contributed by atoms with E-state index >= 15 is 0 Å². The van der Waals surface area contributed by atoms with Gasteiger partial charge in [0.25, 0.3) is 0 Å². The molecule has 1 fully saturated rings. The maximum Gasteiger partial charge on any atom is 0.416 e. The molecule has 2 atom stereocenters. The van der Waals surface area contributed by atoms with Gasteiger partial charge in [0.2, 0.25) is 5.91 Å². The SMILES string of the molecule is CCNC(=O)C1CCC1c1cccc(C(F)(F)F)c1. The van der Waals surface area contributed by atoms with E-state index in [0.717, 1.165) is 25.0 Å². The van der Waals surface area contributed by atoms with Crippen molar-refractivity contribution in [3.63, 3.8) is 0 Å². The summed E-state index contributed by atoms with van der Waals surface area (Å²) in [7, 11) is 0. The van der Waals surface area contributed by atoms with Crippen LogP contribution in [0.3, 0.4) is 0 Å². The number of alkyl halides is 3. The smallest absolute Gasteiger partial charge is 0.356 e. The zero-order chi connectivity index (χ0) is 14.0. The van der Waals surface area contributed by atoms with Crippen LogP contribution in [-0.4, -0.2) is 12.5 Å². The molecule has 0 heterocycles. The highest BCUT2D eigenvalue weighted by atomic mass is 19.4. The van der Waals surface area contributed by atoms with Crippen LogP contribution in [0.2, 0.25) is 0 Å². The Morgan fingerprint density at radius 2 is 2.11 bits per heavy atom. The van der Waals surface area contributed by atoms with Crippen molar-refractivity contribution in [2.45, 2.75) is 31.9 Å². The Kier molecular flexibility index (Phi) is 3.83. The number of amides is 1. The molecule has 0 bridgehead atoms. The predicted octanol–water partition coefficient (Wildman–Crippen LogP) is 3.34. The zero-order valence-corrected chi connectivity index (χ0v) is 10.6. The average Bonchev–Trinajstić information content (AvgIpc) is 2.27. The van der Waals surface area contributed by atoms with Crippen LogP contribution in [-0.2, 0) is 11.0 Å². The first-order chi connectivity index (χ1) is 8.93. The van der Waals surface area contributed by atoms with E-state index in [1.165, 1.54) is 6.07 Å². The molecule has 1 amide bonds. The second kappa shape index (κ2) is 5.23. The molecular weight excluding hydrogens is 255 g/mol. The Morgan fingerprint density at radius 3 is 2.63 bits per heavy atom. The van der Waals surface area contributed by atoms with Crippen molar-refractivity contribution in [3.8, 4) is 0 Å². The van der Waals surface area contributed by atoms with Crippen LogP contribution in [0, 0.1) is 5.92 Å². The summed E-state index contributed by atoms with van der Waals surface area (Å²) in [5.41, 5.74) is -0.0381. The summed E-state index contributed by atoms with van der Waals surface area (Å²) in [4.78, 5) is 11.8. The third-order valence-corrected chi connectivity index (χ3v) is 3.60. The highest BCUT2D eigenvalue weighted by Gasteiger charge is 2.38. The van der Waals surface area contributed by atoms with Crippen molar-refractivity contribution < 1.29 is 18.0 Å². The fourth-order valence-electron chi connectivity index (χ4n) is 2.46. The molecular formula is C14H16F3NO. The third kappa shape index (κ3) is 2.91. The molecule has 5 heteroatoms. The molecule has 1 aromatic carbocycles. The largest absolute Gasteiger partial charge is 0.416 e. The van der Waals surface area contributed by atoms with E-state index in [9.17, 15) is 18.0 Å². The summed E-state index contributed by atoms with van der Waals surface area (Å²) in [5, 5.41) is 2.73. The Labute approximate surface area is 110 Å². The third-order valence-electron chi connectivity index (χ3n) is 3.60. The zero-order valence-electron chi connectivity index (χ0n) is 10.6. The summed E-state index contributed by atoms with van der Waals surface area (Å²) in [6, 6.07) is 5.30. The van der Waals surface area contributed by atoms with Crippen LogP contribution in [0.4, 0.5) is 13.2 Å². The Balaban J connectivity index is 2.17. The van der Waals surface area contributed by atoms with Crippen molar-refractivity contribution in [2.75, 3.05) is 6.54 Å². The molecule has 0 spiro atoms. The molecule has 2 nitrogen and oxygen atoms in total. The minimum absolute atomic E-state index is 0.0591. The molecule has 1 aromatic rings. The fraction of sp³-hybridized carbons (Fsp3) is 0.500. The minimum Gasteiger partial charge on any atom is -0.356 e. The first kappa shape index (κ1) is 13.9. The number of halogens is 3. The van der Waals surface area contributed by atoms with Gasteiger partial charge in [-0.2, -0.15) is 13.2 Å². The van der Waals surface area contributed by atoms with Crippen LogP contribution in [0.15, 0.2) is 24.3 Å². The summed E-state index contributed by atoms with van der Waals surface area (Å²) < 4.78 is 38.0. The lowest BCUT2D eigenvalue weighted by Crippen LogP contribution is -2.39. The minimum atomic E-state index is -4.33. The number of benzene rings is 1. The number of nitrogens with one attached hydrogen (secondary N) is 1. The molecule has 2 unspecified atom stereocenters. The van der Waals surface area contributed by atoms with Crippen LogP contribution in [0.5, 0.6) is 0 Å². The average molecular weight is 271 g/mol. The van der Waals surface area contributed by atoms with Gasteiger partial charge >= 0.3 is 6.18 Å². The normalized spacial score (nSPS) is 22.7. The second-order valence-electron chi connectivity index (χ2n) is 4.81. The standard InChI is InChI=1S/C14H16F3NO/c1-2-18-13(19)12-7-6-11(12)9-4-3-5-10(8-9)14(15,16)17/h3-5,8,11-12H,2,6-7H2,1H3,(H,18,19). The van der Waals surface area contributed by atoms with E-state index in [-0.39, 0.29) is 17.7 Å². The van der Waals surface area contributed by atoms with Gasteiger partial charge in [0.1, 0.15) is 0 Å². The fourth-order valence-corrected chi connectivity index (χ4v) is 2.46. The molecule has 104 valence electrons. The van der Waals surface area contributed by atoms with Crippen molar-refractivity contribution in [2.24, 2.45) is 5.92 Å². The summed E-state index contributed by atoms with van der Waals surface area (Å²) in [5.74, 6) is -0.339. The second-order valence-corrected chi connectivity index (χ2v) is 4.81. The summed E-state index contributed by atoms with van der Waals surface area (Å²) in [6.45, 7) is 2.38. The molecule has 0 saturated heterocycles. The van der Waals surface area contributed by atoms with Gasteiger partial charge in [-0.3, -0.25) is 4.79 Å². The van der Waals surface area contributed by atoms with E-state index in [1.54, 1.807) is 6.07 Å². The van der Waals surface area contributed by atoms with E-state index < -0.39 is 11.7 Å². The molecule has 0 radical (unpaired) electrons. The summed E-state index contributed by atoms with van der Waals surface area (Å²) >= 11 is 0. The quantitative estimate of drug-likeness (QED) is 0.897. The van der Waals surface area contributed by atoms with E-state index in [1.807, 2.05) is 6.92 Å². The van der Waals surface area contributed by atoms with Crippen LogP contribution in [0.1, 0.15) is 36.8 Å². The molecule has 0 aliphatic heterocycles. The van der Waals surface area contributed by atoms with Gasteiger partial charge in [-0.1, -0.05) is 18.2 Å². The number of carbonyl (C=O) groups is 1. The monoisotopic (exact) mass is 271 g/mol. The predicted molar refractivity (Wildman–Crippen MR) is 65.6 cm³/mol. The van der Waals surface area contributed by atoms with Gasteiger partial charge in [-0.15, -0.1) is 0 Å². The number of carbonyl (C=O) groups excluding carboxylic acids is 1. The van der Waals surface area contributed by atoms with Gasteiger partial charge in [-0.25, -0.2) is 0 Å². The molecule has 2 rings (SSSR count). The maximum absolute atomic E-state index is 12.7. The van der Waals surface area contributed by atoms with E-state index in [0.29, 0.717) is 12.1 Å². The number of hydrogen-bond acceptors (Lipinski definition) is 1. The van der Waals surface area contributed by atoms with E-state index in [4.69, 9.17) is 0 Å². The lowest BCUT2D eigenvalue weighted by molar-refractivity contribution is -0.137.